The Bertz CT molecular complexity index is 848. The highest BCUT2D eigenvalue weighted by molar-refractivity contribution is 5.89. The second kappa shape index (κ2) is 7.26. The lowest BCUT2D eigenvalue weighted by atomic mass is 10.3. The van der Waals surface area contributed by atoms with Gasteiger partial charge in [-0.25, -0.2) is 14.5 Å². The van der Waals surface area contributed by atoms with Gasteiger partial charge in [-0.3, -0.25) is 0 Å². The number of benzene rings is 1. The number of amides is 2. The minimum Gasteiger partial charge on any atom is -0.369 e. The van der Waals surface area contributed by atoms with Crippen LogP contribution in [0, 0.1) is 0 Å². The first-order valence-corrected chi connectivity index (χ1v) is 8.61. The van der Waals surface area contributed by atoms with E-state index >= 15 is 0 Å². The van der Waals surface area contributed by atoms with E-state index in [0.29, 0.717) is 11.5 Å². The third kappa shape index (κ3) is 3.66. The second-order valence-electron chi connectivity index (χ2n) is 6.22. The van der Waals surface area contributed by atoms with Gasteiger partial charge in [0.25, 0.3) is 0 Å². The van der Waals surface area contributed by atoms with Crippen LogP contribution < -0.4 is 15.5 Å². The Balaban J connectivity index is 1.30. The van der Waals surface area contributed by atoms with Crippen LogP contribution in [0.5, 0.6) is 0 Å². The summed E-state index contributed by atoms with van der Waals surface area (Å²) in [5.41, 5.74) is 1.84. The molecule has 3 aromatic rings. The van der Waals surface area contributed by atoms with E-state index in [0.717, 1.165) is 19.5 Å². The average molecular weight is 348 g/mol. The minimum absolute atomic E-state index is 0.131. The number of pyridine rings is 1. The molecule has 2 amide bonds. The highest BCUT2D eigenvalue weighted by atomic mass is 16.2. The molecular formula is C19H20N6O. The monoisotopic (exact) mass is 348 g/mol. The van der Waals surface area contributed by atoms with Crippen LogP contribution in [-0.2, 0) is 0 Å². The highest BCUT2D eigenvalue weighted by Gasteiger charge is 2.23. The molecule has 2 aromatic heterocycles. The zero-order valence-corrected chi connectivity index (χ0v) is 14.2. The molecule has 7 heteroatoms. The Hall–Kier alpha value is -3.35. The third-order valence-electron chi connectivity index (χ3n) is 4.39. The fraction of sp³-hybridized carbons (Fsp3) is 0.211. The largest absolute Gasteiger partial charge is 0.369 e. The van der Waals surface area contributed by atoms with Gasteiger partial charge in [-0.1, -0.05) is 18.2 Å². The van der Waals surface area contributed by atoms with Gasteiger partial charge in [-0.2, -0.15) is 5.10 Å². The Labute approximate surface area is 151 Å². The van der Waals surface area contributed by atoms with Crippen LogP contribution in [0.1, 0.15) is 6.42 Å². The Morgan fingerprint density at radius 1 is 1.12 bits per heavy atom. The van der Waals surface area contributed by atoms with Crippen molar-refractivity contribution in [3.63, 3.8) is 0 Å². The van der Waals surface area contributed by atoms with Crippen LogP contribution in [0.4, 0.5) is 16.2 Å². The van der Waals surface area contributed by atoms with E-state index in [-0.39, 0.29) is 12.1 Å². The van der Waals surface area contributed by atoms with Crippen molar-refractivity contribution in [3.05, 3.63) is 67.1 Å². The molecule has 0 bridgehead atoms. The van der Waals surface area contributed by atoms with Crippen LogP contribution in [0.15, 0.2) is 67.1 Å². The number of urea groups is 1. The number of para-hydroxylation sites is 1. The van der Waals surface area contributed by atoms with Gasteiger partial charge in [0, 0.05) is 37.2 Å². The first-order chi connectivity index (χ1) is 12.8. The number of hydrogen-bond acceptors (Lipinski definition) is 4. The molecule has 26 heavy (non-hydrogen) atoms. The number of rotatable bonds is 4. The summed E-state index contributed by atoms with van der Waals surface area (Å²) in [6.07, 6.45) is 6.07. The Kier molecular flexibility index (Phi) is 4.51. The van der Waals surface area contributed by atoms with Gasteiger partial charge in [0.15, 0.2) is 5.82 Å². The summed E-state index contributed by atoms with van der Waals surface area (Å²) in [4.78, 5) is 18.8. The molecule has 1 unspecified atom stereocenters. The van der Waals surface area contributed by atoms with Gasteiger partial charge in [0.2, 0.25) is 0 Å². The summed E-state index contributed by atoms with van der Waals surface area (Å²) in [6.45, 7) is 1.75. The van der Waals surface area contributed by atoms with Crippen molar-refractivity contribution in [2.75, 3.05) is 23.3 Å². The number of nitrogens with one attached hydrogen (secondary N) is 2. The normalized spacial score (nSPS) is 16.5. The van der Waals surface area contributed by atoms with Gasteiger partial charge in [0.1, 0.15) is 0 Å². The molecule has 132 valence electrons. The maximum absolute atomic E-state index is 12.2. The van der Waals surface area contributed by atoms with E-state index in [1.54, 1.807) is 17.1 Å². The van der Waals surface area contributed by atoms with Crippen LogP contribution in [0.2, 0.25) is 0 Å². The number of anilines is 2. The van der Waals surface area contributed by atoms with Crippen molar-refractivity contribution < 1.29 is 4.79 Å². The molecule has 4 rings (SSSR count). The molecule has 0 saturated carbocycles. The molecule has 7 nitrogen and oxygen atoms in total. The fourth-order valence-corrected chi connectivity index (χ4v) is 3.10. The van der Waals surface area contributed by atoms with Crippen molar-refractivity contribution in [2.45, 2.75) is 12.5 Å². The quantitative estimate of drug-likeness (QED) is 0.760. The highest BCUT2D eigenvalue weighted by Crippen LogP contribution is 2.19. The van der Waals surface area contributed by atoms with Gasteiger partial charge in [0.05, 0.1) is 11.9 Å². The predicted octanol–water partition coefficient (Wildman–Crippen LogP) is 2.67. The smallest absolute Gasteiger partial charge is 0.319 e. The molecule has 1 aliphatic rings. The lowest BCUT2D eigenvalue weighted by Crippen LogP contribution is -2.39. The standard InChI is InChI=1S/C19H20N6O/c26-19(22-15-7-8-18(20-13-15)25-11-4-10-21-25)23-16-9-12-24(14-16)17-5-2-1-3-6-17/h1-8,10-11,13,16H,9,12,14H2,(H2,22,23,26). The zero-order valence-electron chi connectivity index (χ0n) is 14.2. The maximum atomic E-state index is 12.2. The maximum Gasteiger partial charge on any atom is 0.319 e. The zero-order chi connectivity index (χ0) is 17.8. The lowest BCUT2D eigenvalue weighted by molar-refractivity contribution is 0.249. The fourth-order valence-electron chi connectivity index (χ4n) is 3.10. The van der Waals surface area contributed by atoms with Crippen molar-refractivity contribution in [2.24, 2.45) is 0 Å². The molecule has 2 N–H and O–H groups in total. The van der Waals surface area contributed by atoms with Gasteiger partial charge in [-0.15, -0.1) is 0 Å². The van der Waals surface area contributed by atoms with Crippen molar-refractivity contribution in [1.82, 2.24) is 20.1 Å². The van der Waals surface area contributed by atoms with Crippen LogP contribution >= 0.6 is 0 Å². The van der Waals surface area contributed by atoms with E-state index in [9.17, 15) is 4.79 Å². The first-order valence-electron chi connectivity index (χ1n) is 8.61. The minimum atomic E-state index is -0.210. The number of carbonyl (C=O) groups excluding carboxylic acids is 1. The summed E-state index contributed by atoms with van der Waals surface area (Å²) < 4.78 is 1.67. The number of nitrogens with zero attached hydrogens (tertiary/aromatic N) is 4. The third-order valence-corrected chi connectivity index (χ3v) is 4.39. The van der Waals surface area contributed by atoms with Crippen molar-refractivity contribution in [3.8, 4) is 5.82 Å². The van der Waals surface area contributed by atoms with E-state index in [4.69, 9.17) is 0 Å². The summed E-state index contributed by atoms with van der Waals surface area (Å²) in [6, 6.07) is 15.6. The molecule has 0 aliphatic carbocycles. The summed E-state index contributed by atoms with van der Waals surface area (Å²) >= 11 is 0. The number of aromatic nitrogens is 3. The Morgan fingerprint density at radius 2 is 2.00 bits per heavy atom. The van der Waals surface area contributed by atoms with Gasteiger partial charge in [-0.05, 0) is 36.8 Å². The summed E-state index contributed by atoms with van der Waals surface area (Å²) in [7, 11) is 0. The molecule has 1 saturated heterocycles. The average Bonchev–Trinajstić information content (AvgIpc) is 3.35. The van der Waals surface area contributed by atoms with E-state index in [1.807, 2.05) is 42.6 Å². The lowest BCUT2D eigenvalue weighted by Gasteiger charge is -2.19. The first kappa shape index (κ1) is 16.1. The van der Waals surface area contributed by atoms with E-state index in [2.05, 4.69) is 37.7 Å². The molecule has 1 aliphatic heterocycles. The SMILES string of the molecule is O=C(Nc1ccc(-n2cccn2)nc1)NC1CCN(c2ccccc2)C1. The van der Waals surface area contributed by atoms with E-state index in [1.165, 1.54) is 5.69 Å². The van der Waals surface area contributed by atoms with Crippen molar-refractivity contribution >= 4 is 17.4 Å². The van der Waals surface area contributed by atoms with E-state index < -0.39 is 0 Å². The molecule has 0 spiro atoms. The van der Waals surface area contributed by atoms with Gasteiger partial charge < -0.3 is 15.5 Å². The number of hydrogen-bond donors (Lipinski definition) is 2. The van der Waals surface area contributed by atoms with Gasteiger partial charge >= 0.3 is 6.03 Å². The van der Waals surface area contributed by atoms with Crippen LogP contribution in [0.25, 0.3) is 5.82 Å². The second-order valence-corrected chi connectivity index (χ2v) is 6.22. The van der Waals surface area contributed by atoms with Crippen molar-refractivity contribution in [1.29, 1.82) is 0 Å². The summed E-state index contributed by atoms with van der Waals surface area (Å²) in [5.74, 6) is 0.704. The molecule has 1 atom stereocenters. The predicted molar refractivity (Wildman–Crippen MR) is 101 cm³/mol. The molecule has 0 radical (unpaired) electrons. The topological polar surface area (TPSA) is 75.1 Å². The molecule has 1 aromatic carbocycles. The number of carbonyl (C=O) groups is 1. The molecule has 1 fully saturated rings. The Morgan fingerprint density at radius 3 is 2.73 bits per heavy atom. The van der Waals surface area contributed by atoms with Crippen LogP contribution in [-0.4, -0.2) is 39.9 Å². The van der Waals surface area contributed by atoms with Crippen LogP contribution in [0.3, 0.4) is 0 Å². The summed E-state index contributed by atoms with van der Waals surface area (Å²) in [5, 5.41) is 9.99. The molecule has 3 heterocycles. The molecular weight excluding hydrogens is 328 g/mol.